The van der Waals surface area contributed by atoms with Crippen molar-refractivity contribution < 1.29 is 14.3 Å². The van der Waals surface area contributed by atoms with Crippen LogP contribution in [0.15, 0.2) is 67.0 Å². The van der Waals surface area contributed by atoms with Crippen LogP contribution in [0.1, 0.15) is 24.0 Å². The van der Waals surface area contributed by atoms with E-state index in [1.165, 1.54) is 10.9 Å². The van der Waals surface area contributed by atoms with Crippen LogP contribution >= 0.6 is 0 Å². The van der Waals surface area contributed by atoms with E-state index < -0.39 is 5.41 Å². The average Bonchev–Trinajstić information content (AvgIpc) is 3.10. The Labute approximate surface area is 189 Å². The van der Waals surface area contributed by atoms with Gasteiger partial charge >= 0.3 is 0 Å². The van der Waals surface area contributed by atoms with Gasteiger partial charge < -0.3 is 14.4 Å². The number of amides is 1. The van der Waals surface area contributed by atoms with Crippen molar-refractivity contribution in [3.8, 4) is 0 Å². The van der Waals surface area contributed by atoms with E-state index in [-0.39, 0.29) is 11.8 Å². The molecule has 5 rings (SSSR count). The Morgan fingerprint density at radius 1 is 1.00 bits per heavy atom. The zero-order chi connectivity index (χ0) is 21.8. The maximum atomic E-state index is 14.0. The molecule has 0 saturated carbocycles. The topological polar surface area (TPSA) is 51.7 Å². The Morgan fingerprint density at radius 3 is 2.69 bits per heavy atom. The lowest BCUT2D eigenvalue weighted by Gasteiger charge is -2.40. The van der Waals surface area contributed by atoms with Crippen molar-refractivity contribution in [3.05, 3.63) is 78.1 Å². The first-order valence-corrected chi connectivity index (χ1v) is 11.6. The van der Waals surface area contributed by atoms with Crippen molar-refractivity contribution in [2.75, 3.05) is 39.5 Å². The summed E-state index contributed by atoms with van der Waals surface area (Å²) >= 11 is 0. The largest absolute Gasteiger partial charge is 0.381 e. The van der Waals surface area contributed by atoms with Crippen molar-refractivity contribution in [2.24, 2.45) is 5.92 Å². The van der Waals surface area contributed by atoms with Crippen molar-refractivity contribution >= 4 is 16.7 Å². The average molecular weight is 431 g/mol. The molecule has 3 aromatic rings. The molecule has 0 N–H and O–H groups in total. The number of ether oxygens (including phenoxy) is 2. The fourth-order valence-corrected chi connectivity index (χ4v) is 5.19. The molecular formula is C27H30N2O3. The van der Waals surface area contributed by atoms with Crippen molar-refractivity contribution in [2.45, 2.75) is 24.7 Å². The summed E-state index contributed by atoms with van der Waals surface area (Å²) in [7, 11) is 0. The molecule has 0 spiro atoms. The SMILES string of the molecule is O=C(N1CCOCC(Cc2ccc3cnccc3c2)C1)C1(c2ccccc2)CCOCC1. The lowest BCUT2D eigenvalue weighted by Crippen LogP contribution is -2.51. The molecule has 166 valence electrons. The van der Waals surface area contributed by atoms with Gasteiger partial charge in [-0.1, -0.05) is 48.5 Å². The maximum Gasteiger partial charge on any atom is 0.233 e. The van der Waals surface area contributed by atoms with E-state index in [0.29, 0.717) is 33.0 Å². The molecule has 2 aliphatic rings. The van der Waals surface area contributed by atoms with Gasteiger partial charge in [-0.3, -0.25) is 9.78 Å². The van der Waals surface area contributed by atoms with Crippen molar-refractivity contribution in [3.63, 3.8) is 0 Å². The summed E-state index contributed by atoms with van der Waals surface area (Å²) < 4.78 is 11.6. The van der Waals surface area contributed by atoms with Crippen LogP contribution in [0.4, 0.5) is 0 Å². The first-order chi connectivity index (χ1) is 15.7. The molecule has 5 heteroatoms. The quantitative estimate of drug-likeness (QED) is 0.628. The van der Waals surface area contributed by atoms with Gasteiger partial charge in [0.15, 0.2) is 0 Å². The Kier molecular flexibility index (Phi) is 6.19. The van der Waals surface area contributed by atoms with Crippen LogP contribution in [-0.4, -0.2) is 55.3 Å². The second kappa shape index (κ2) is 9.39. The van der Waals surface area contributed by atoms with Crippen molar-refractivity contribution in [1.29, 1.82) is 0 Å². The summed E-state index contributed by atoms with van der Waals surface area (Å²) in [5, 5.41) is 2.35. The molecule has 2 saturated heterocycles. The summed E-state index contributed by atoms with van der Waals surface area (Å²) in [6.07, 6.45) is 6.08. The zero-order valence-electron chi connectivity index (χ0n) is 18.4. The van der Waals surface area contributed by atoms with Crippen LogP contribution in [0.2, 0.25) is 0 Å². The molecule has 3 heterocycles. The third-order valence-electron chi connectivity index (χ3n) is 6.94. The Hall–Kier alpha value is -2.76. The molecule has 5 nitrogen and oxygen atoms in total. The predicted molar refractivity (Wildman–Crippen MR) is 125 cm³/mol. The maximum absolute atomic E-state index is 14.0. The minimum Gasteiger partial charge on any atom is -0.381 e. The Morgan fingerprint density at radius 2 is 1.84 bits per heavy atom. The fourth-order valence-electron chi connectivity index (χ4n) is 5.19. The molecular weight excluding hydrogens is 400 g/mol. The first kappa shape index (κ1) is 21.1. The number of carbonyl (C=O) groups excluding carboxylic acids is 1. The van der Waals surface area contributed by atoms with Gasteiger partial charge in [0.2, 0.25) is 5.91 Å². The number of hydrogen-bond acceptors (Lipinski definition) is 4. The van der Waals surface area contributed by atoms with Gasteiger partial charge in [-0.15, -0.1) is 0 Å². The van der Waals surface area contributed by atoms with Gasteiger partial charge in [-0.05, 0) is 41.8 Å². The molecule has 1 atom stereocenters. The second-order valence-corrected chi connectivity index (χ2v) is 9.01. The number of aromatic nitrogens is 1. The molecule has 0 bridgehead atoms. The van der Waals surface area contributed by atoms with Gasteiger partial charge in [0.1, 0.15) is 0 Å². The first-order valence-electron chi connectivity index (χ1n) is 11.6. The van der Waals surface area contributed by atoms with Gasteiger partial charge in [-0.25, -0.2) is 0 Å². The van der Waals surface area contributed by atoms with Gasteiger partial charge in [-0.2, -0.15) is 0 Å². The highest BCUT2D eigenvalue weighted by molar-refractivity contribution is 5.88. The summed E-state index contributed by atoms with van der Waals surface area (Å²) in [6, 6.07) is 18.8. The van der Waals surface area contributed by atoms with E-state index in [0.717, 1.165) is 36.8 Å². The van der Waals surface area contributed by atoms with E-state index in [9.17, 15) is 4.79 Å². The summed E-state index contributed by atoms with van der Waals surface area (Å²) in [6.45, 7) is 3.89. The minimum absolute atomic E-state index is 0.229. The number of hydrogen-bond donors (Lipinski definition) is 0. The standard InChI is InChI=1S/C27H30N2O3/c30-26(27(9-13-31-14-10-27)25-4-2-1-3-5-25)29-12-15-32-20-22(19-29)16-21-6-7-24-18-28-11-8-23(24)17-21/h1-8,11,17-18,22H,9-10,12-16,19-20H2. The number of carbonyl (C=O) groups is 1. The van der Waals surface area contributed by atoms with E-state index in [1.807, 2.05) is 36.7 Å². The lowest BCUT2D eigenvalue weighted by atomic mass is 9.73. The summed E-state index contributed by atoms with van der Waals surface area (Å²) in [4.78, 5) is 20.3. The summed E-state index contributed by atoms with van der Waals surface area (Å²) in [5.74, 6) is 0.500. The number of fused-ring (bicyclic) bond motifs is 1. The van der Waals surface area contributed by atoms with Crippen LogP contribution in [0, 0.1) is 5.92 Å². The molecule has 0 radical (unpaired) electrons. The van der Waals surface area contributed by atoms with Crippen molar-refractivity contribution in [1.82, 2.24) is 9.88 Å². The molecule has 1 amide bonds. The van der Waals surface area contributed by atoms with E-state index in [1.54, 1.807) is 0 Å². The summed E-state index contributed by atoms with van der Waals surface area (Å²) in [5.41, 5.74) is 1.89. The Balaban J connectivity index is 1.37. The van der Waals surface area contributed by atoms with E-state index in [4.69, 9.17) is 9.47 Å². The van der Waals surface area contributed by atoms with E-state index >= 15 is 0 Å². The van der Waals surface area contributed by atoms with Gasteiger partial charge in [0.25, 0.3) is 0 Å². The predicted octanol–water partition coefficient (Wildman–Crippen LogP) is 4.00. The van der Waals surface area contributed by atoms with Gasteiger partial charge in [0.05, 0.1) is 18.6 Å². The molecule has 1 aromatic heterocycles. The van der Waals surface area contributed by atoms with Gasteiger partial charge in [0, 0.05) is 50.0 Å². The second-order valence-electron chi connectivity index (χ2n) is 9.01. The highest BCUT2D eigenvalue weighted by Crippen LogP contribution is 2.37. The number of nitrogens with zero attached hydrogens (tertiary/aromatic N) is 2. The molecule has 2 aromatic carbocycles. The molecule has 2 aliphatic heterocycles. The molecule has 32 heavy (non-hydrogen) atoms. The monoisotopic (exact) mass is 430 g/mol. The third kappa shape index (κ3) is 4.27. The normalized spacial score (nSPS) is 21.2. The fraction of sp³-hybridized carbons (Fsp3) is 0.407. The third-order valence-corrected chi connectivity index (χ3v) is 6.94. The minimum atomic E-state index is -0.496. The van der Waals surface area contributed by atoms with Crippen LogP contribution in [0.5, 0.6) is 0 Å². The Bertz CT molecular complexity index is 1060. The van der Waals surface area contributed by atoms with Crippen LogP contribution < -0.4 is 0 Å². The highest BCUT2D eigenvalue weighted by atomic mass is 16.5. The highest BCUT2D eigenvalue weighted by Gasteiger charge is 2.44. The lowest BCUT2D eigenvalue weighted by molar-refractivity contribution is -0.141. The molecule has 1 unspecified atom stereocenters. The van der Waals surface area contributed by atoms with E-state index in [2.05, 4.69) is 40.2 Å². The van der Waals surface area contributed by atoms with Crippen LogP contribution in [0.25, 0.3) is 10.8 Å². The molecule has 0 aliphatic carbocycles. The molecule has 2 fully saturated rings. The number of benzene rings is 2. The smallest absolute Gasteiger partial charge is 0.233 e. The number of rotatable bonds is 4. The zero-order valence-corrected chi connectivity index (χ0v) is 18.4. The van der Waals surface area contributed by atoms with Crippen LogP contribution in [-0.2, 0) is 26.1 Å². The number of pyridine rings is 1. The van der Waals surface area contributed by atoms with Crippen LogP contribution in [0.3, 0.4) is 0 Å².